The van der Waals surface area contributed by atoms with Crippen LogP contribution in [0.15, 0.2) is 12.1 Å². The van der Waals surface area contributed by atoms with Gasteiger partial charge in [0.1, 0.15) is 17.6 Å². The van der Waals surface area contributed by atoms with Crippen molar-refractivity contribution in [1.29, 1.82) is 5.26 Å². The first-order chi connectivity index (χ1) is 9.95. The van der Waals surface area contributed by atoms with Gasteiger partial charge in [-0.25, -0.2) is 4.98 Å². The topological polar surface area (TPSA) is 49.1 Å². The second-order valence-corrected chi connectivity index (χ2v) is 4.84. The van der Waals surface area contributed by atoms with E-state index in [9.17, 15) is 13.2 Å². The van der Waals surface area contributed by atoms with Gasteiger partial charge in [0.05, 0.1) is 11.7 Å². The van der Waals surface area contributed by atoms with Crippen LogP contribution in [0, 0.1) is 11.3 Å². The first-order valence-electron chi connectivity index (χ1n) is 6.80. The number of halogens is 3. The van der Waals surface area contributed by atoms with E-state index in [1.807, 2.05) is 13.0 Å². The molecule has 1 atom stereocenters. The molecule has 1 saturated heterocycles. The fourth-order valence-electron chi connectivity index (χ4n) is 2.44. The molecule has 4 nitrogen and oxygen atoms in total. The molecule has 1 aromatic rings. The van der Waals surface area contributed by atoms with E-state index in [0.29, 0.717) is 19.7 Å². The molecule has 2 heterocycles. The van der Waals surface area contributed by atoms with Crippen molar-refractivity contribution in [3.05, 3.63) is 23.4 Å². The quantitative estimate of drug-likeness (QED) is 0.861. The molecule has 0 aromatic carbocycles. The van der Waals surface area contributed by atoms with E-state index in [2.05, 4.69) is 4.98 Å². The lowest BCUT2D eigenvalue weighted by atomic mass is 10.1. The fourth-order valence-corrected chi connectivity index (χ4v) is 2.44. The first-order valence-corrected chi connectivity index (χ1v) is 6.80. The smallest absolute Gasteiger partial charge is 0.377 e. The number of aromatic nitrogens is 1. The van der Waals surface area contributed by atoms with Gasteiger partial charge in [0.2, 0.25) is 0 Å². The third-order valence-electron chi connectivity index (χ3n) is 3.37. The van der Waals surface area contributed by atoms with Gasteiger partial charge in [0.25, 0.3) is 0 Å². The normalized spacial score (nSPS) is 19.4. The summed E-state index contributed by atoms with van der Waals surface area (Å²) in [6.45, 7) is 3.46. The number of piperidine rings is 1. The van der Waals surface area contributed by atoms with Gasteiger partial charge in [-0.1, -0.05) is 0 Å². The maximum atomic E-state index is 12.8. The molecule has 1 aliphatic rings. The molecule has 0 amide bonds. The summed E-state index contributed by atoms with van der Waals surface area (Å²) in [5.41, 5.74) is -0.824. The number of ether oxygens (including phenoxy) is 1. The Morgan fingerprint density at radius 2 is 2.24 bits per heavy atom. The molecule has 0 bridgehead atoms. The van der Waals surface area contributed by atoms with Crippen molar-refractivity contribution in [3.63, 3.8) is 0 Å². The second-order valence-electron chi connectivity index (χ2n) is 4.84. The van der Waals surface area contributed by atoms with Crippen LogP contribution in [0.4, 0.5) is 19.0 Å². The number of nitrogens with zero attached hydrogens (tertiary/aromatic N) is 3. The van der Waals surface area contributed by atoms with Crippen molar-refractivity contribution in [2.24, 2.45) is 0 Å². The molecule has 0 N–H and O–H groups in total. The molecule has 21 heavy (non-hydrogen) atoms. The lowest BCUT2D eigenvalue weighted by Crippen LogP contribution is -2.40. The van der Waals surface area contributed by atoms with E-state index >= 15 is 0 Å². The molecule has 0 saturated carbocycles. The molecular weight excluding hydrogens is 283 g/mol. The minimum Gasteiger partial charge on any atom is -0.377 e. The zero-order valence-electron chi connectivity index (χ0n) is 11.7. The monoisotopic (exact) mass is 299 g/mol. The Morgan fingerprint density at radius 1 is 1.48 bits per heavy atom. The minimum absolute atomic E-state index is 0.0355. The number of hydrogen-bond acceptors (Lipinski definition) is 4. The highest BCUT2D eigenvalue weighted by molar-refractivity contribution is 5.55. The van der Waals surface area contributed by atoms with E-state index in [1.165, 1.54) is 6.07 Å². The van der Waals surface area contributed by atoms with Gasteiger partial charge in [-0.2, -0.15) is 18.4 Å². The maximum Gasteiger partial charge on any atom is 0.433 e. The summed E-state index contributed by atoms with van der Waals surface area (Å²) in [5, 5.41) is 9.08. The molecule has 2 rings (SSSR count). The zero-order valence-corrected chi connectivity index (χ0v) is 11.7. The number of rotatable bonds is 3. The molecule has 1 aliphatic heterocycles. The van der Waals surface area contributed by atoms with Crippen molar-refractivity contribution >= 4 is 5.82 Å². The average molecular weight is 299 g/mol. The van der Waals surface area contributed by atoms with Crippen LogP contribution in [0.25, 0.3) is 0 Å². The van der Waals surface area contributed by atoms with Crippen molar-refractivity contribution in [2.75, 3.05) is 24.6 Å². The SMILES string of the molecule is CCOC1CCCN(c2nc(C(F)(F)F)ccc2C#N)C1. The number of anilines is 1. The van der Waals surface area contributed by atoms with Gasteiger partial charge in [-0.3, -0.25) is 0 Å². The number of nitriles is 1. The van der Waals surface area contributed by atoms with Gasteiger partial charge in [-0.05, 0) is 31.9 Å². The van der Waals surface area contributed by atoms with Crippen molar-refractivity contribution in [1.82, 2.24) is 4.98 Å². The zero-order chi connectivity index (χ0) is 15.5. The maximum absolute atomic E-state index is 12.8. The average Bonchev–Trinajstić information content (AvgIpc) is 2.46. The highest BCUT2D eigenvalue weighted by Crippen LogP contribution is 2.31. The number of pyridine rings is 1. The molecule has 1 aromatic heterocycles. The predicted octanol–water partition coefficient (Wildman–Crippen LogP) is 2.98. The van der Waals surface area contributed by atoms with Crippen LogP contribution in [-0.2, 0) is 10.9 Å². The van der Waals surface area contributed by atoms with Crippen molar-refractivity contribution in [2.45, 2.75) is 32.0 Å². The van der Waals surface area contributed by atoms with Crippen molar-refractivity contribution in [3.8, 4) is 6.07 Å². The Labute approximate surface area is 121 Å². The van der Waals surface area contributed by atoms with Gasteiger partial charge in [0, 0.05) is 19.7 Å². The third-order valence-corrected chi connectivity index (χ3v) is 3.37. The van der Waals surface area contributed by atoms with Crippen LogP contribution in [0.2, 0.25) is 0 Å². The molecule has 1 unspecified atom stereocenters. The summed E-state index contributed by atoms with van der Waals surface area (Å²) in [6.07, 6.45) is -2.89. The van der Waals surface area contributed by atoms with Crippen molar-refractivity contribution < 1.29 is 17.9 Å². The van der Waals surface area contributed by atoms with E-state index in [-0.39, 0.29) is 17.5 Å². The molecule has 0 aliphatic carbocycles. The lowest BCUT2D eigenvalue weighted by molar-refractivity contribution is -0.141. The highest BCUT2D eigenvalue weighted by atomic mass is 19.4. The summed E-state index contributed by atoms with van der Waals surface area (Å²) in [7, 11) is 0. The summed E-state index contributed by atoms with van der Waals surface area (Å²) >= 11 is 0. The molecule has 1 fully saturated rings. The molecule has 0 spiro atoms. The van der Waals surface area contributed by atoms with Gasteiger partial charge in [-0.15, -0.1) is 0 Å². The van der Waals surface area contributed by atoms with Crippen LogP contribution in [0.5, 0.6) is 0 Å². The molecule has 114 valence electrons. The fraction of sp³-hybridized carbons (Fsp3) is 0.571. The van der Waals surface area contributed by atoms with Gasteiger partial charge < -0.3 is 9.64 Å². The van der Waals surface area contributed by atoms with E-state index in [1.54, 1.807) is 4.90 Å². The van der Waals surface area contributed by atoms with E-state index < -0.39 is 11.9 Å². The molecular formula is C14H16F3N3O. The van der Waals surface area contributed by atoms with Gasteiger partial charge in [0.15, 0.2) is 0 Å². The Balaban J connectivity index is 2.30. The summed E-state index contributed by atoms with van der Waals surface area (Å²) in [5.74, 6) is 0.0942. The van der Waals surface area contributed by atoms with Crippen LogP contribution in [0.3, 0.4) is 0 Å². The van der Waals surface area contributed by atoms with Crippen LogP contribution >= 0.6 is 0 Å². The standard InChI is InChI=1S/C14H16F3N3O/c1-2-21-11-4-3-7-20(9-11)13-10(8-18)5-6-12(19-13)14(15,16)17/h5-6,11H,2-4,7,9H2,1H3. The summed E-state index contributed by atoms with van der Waals surface area (Å²) < 4.78 is 43.9. The number of hydrogen-bond donors (Lipinski definition) is 0. The molecule has 0 radical (unpaired) electrons. The largest absolute Gasteiger partial charge is 0.433 e. The summed E-state index contributed by atoms with van der Waals surface area (Å²) in [6, 6.07) is 3.92. The first kappa shape index (κ1) is 15.6. The number of alkyl halides is 3. The van der Waals surface area contributed by atoms with Crippen LogP contribution in [-0.4, -0.2) is 30.8 Å². The summed E-state index contributed by atoms with van der Waals surface area (Å²) in [4.78, 5) is 5.36. The van der Waals surface area contributed by atoms with Crippen LogP contribution < -0.4 is 4.90 Å². The second kappa shape index (κ2) is 6.31. The van der Waals surface area contributed by atoms with Crippen LogP contribution in [0.1, 0.15) is 31.0 Å². The Hall–Kier alpha value is -1.81. The Kier molecular flexibility index (Phi) is 4.68. The van der Waals surface area contributed by atoms with Gasteiger partial charge >= 0.3 is 6.18 Å². The minimum atomic E-state index is -4.52. The van der Waals surface area contributed by atoms with E-state index in [4.69, 9.17) is 10.00 Å². The Morgan fingerprint density at radius 3 is 2.86 bits per heavy atom. The highest BCUT2D eigenvalue weighted by Gasteiger charge is 2.34. The Bertz CT molecular complexity index is 537. The molecule has 7 heteroatoms. The third kappa shape index (κ3) is 3.64. The van der Waals surface area contributed by atoms with E-state index in [0.717, 1.165) is 18.9 Å². The lowest BCUT2D eigenvalue weighted by Gasteiger charge is -2.34. The predicted molar refractivity (Wildman–Crippen MR) is 70.8 cm³/mol.